The molecule has 7 heteroatoms. The number of rotatable bonds is 2. The van der Waals surface area contributed by atoms with Crippen molar-refractivity contribution in [3.63, 3.8) is 0 Å². The van der Waals surface area contributed by atoms with E-state index < -0.39 is 5.91 Å². The molecule has 1 heterocycles. The Kier molecular flexibility index (Phi) is 2.74. The Labute approximate surface area is 95.8 Å². The third-order valence-corrected chi connectivity index (χ3v) is 2.07. The molecule has 0 aliphatic heterocycles. The van der Waals surface area contributed by atoms with E-state index in [9.17, 15) is 4.79 Å². The van der Waals surface area contributed by atoms with E-state index in [0.717, 1.165) is 0 Å². The number of nitrogens with zero attached hydrogens (tertiary/aromatic N) is 2. The number of benzene rings is 1. The minimum absolute atomic E-state index is 0.0289. The number of nitrogens with one attached hydrogen (secondary N) is 2. The second-order valence-electron chi connectivity index (χ2n) is 3.00. The van der Waals surface area contributed by atoms with Gasteiger partial charge in [-0.05, 0) is 24.3 Å². The zero-order chi connectivity index (χ0) is 11.5. The summed E-state index contributed by atoms with van der Waals surface area (Å²) in [5.74, 6) is -0.319. The molecule has 0 spiro atoms. The van der Waals surface area contributed by atoms with Crippen molar-refractivity contribution in [1.29, 1.82) is 0 Å². The molecule has 0 aliphatic rings. The van der Waals surface area contributed by atoms with Gasteiger partial charge in [0.2, 0.25) is 11.8 Å². The lowest BCUT2D eigenvalue weighted by Gasteiger charge is -2.01. The summed E-state index contributed by atoms with van der Waals surface area (Å²) in [5.41, 5.74) is 5.89. The highest BCUT2D eigenvalue weighted by Crippen LogP contribution is 2.13. The molecule has 6 nitrogen and oxygen atoms in total. The number of amides is 1. The maximum atomic E-state index is 11.6. The number of anilines is 2. The number of hydrogen-bond acceptors (Lipinski definition) is 4. The number of nitrogen functional groups attached to an aromatic ring is 1. The second-order valence-corrected chi connectivity index (χ2v) is 3.44. The molecule has 0 saturated heterocycles. The molecule has 2 rings (SSSR count). The van der Waals surface area contributed by atoms with Crippen LogP contribution in [0.4, 0.5) is 11.6 Å². The van der Waals surface area contributed by atoms with Crippen molar-refractivity contribution in [2.24, 2.45) is 0 Å². The molecular weight excluding hydrogens is 230 g/mol. The summed E-state index contributed by atoms with van der Waals surface area (Å²) in [6, 6.07) is 6.71. The minimum Gasteiger partial charge on any atom is -0.366 e. The van der Waals surface area contributed by atoms with Gasteiger partial charge in [-0.1, -0.05) is 11.6 Å². The van der Waals surface area contributed by atoms with Gasteiger partial charge in [0.05, 0.1) is 0 Å². The molecule has 1 aromatic carbocycles. The third kappa shape index (κ3) is 2.29. The number of aromatic amines is 1. The van der Waals surface area contributed by atoms with Gasteiger partial charge in [0, 0.05) is 10.7 Å². The van der Waals surface area contributed by atoms with Crippen LogP contribution in [-0.4, -0.2) is 21.1 Å². The van der Waals surface area contributed by atoms with Crippen molar-refractivity contribution >= 4 is 29.1 Å². The van der Waals surface area contributed by atoms with E-state index in [1.54, 1.807) is 24.3 Å². The van der Waals surface area contributed by atoms with E-state index in [2.05, 4.69) is 20.5 Å². The number of hydrogen-bond donors (Lipinski definition) is 3. The van der Waals surface area contributed by atoms with Crippen molar-refractivity contribution in [3.8, 4) is 0 Å². The van der Waals surface area contributed by atoms with Gasteiger partial charge < -0.3 is 11.1 Å². The Hall–Kier alpha value is -2.08. The molecule has 0 atom stereocenters. The first kappa shape index (κ1) is 10.4. The van der Waals surface area contributed by atoms with Gasteiger partial charge in [0.25, 0.3) is 5.91 Å². The Morgan fingerprint density at radius 2 is 2.06 bits per heavy atom. The van der Waals surface area contributed by atoms with Gasteiger partial charge in [0.1, 0.15) is 0 Å². The van der Waals surface area contributed by atoms with Crippen molar-refractivity contribution in [1.82, 2.24) is 15.2 Å². The van der Waals surface area contributed by atoms with E-state index in [4.69, 9.17) is 17.3 Å². The van der Waals surface area contributed by atoms with E-state index >= 15 is 0 Å². The molecule has 0 bridgehead atoms. The summed E-state index contributed by atoms with van der Waals surface area (Å²) in [6.45, 7) is 0. The summed E-state index contributed by atoms with van der Waals surface area (Å²) in [7, 11) is 0. The maximum Gasteiger partial charge on any atom is 0.293 e. The van der Waals surface area contributed by atoms with Crippen LogP contribution in [0.5, 0.6) is 0 Å². The molecular formula is C9H8ClN5O. The summed E-state index contributed by atoms with van der Waals surface area (Å²) in [6.07, 6.45) is 0. The molecule has 4 N–H and O–H groups in total. The smallest absolute Gasteiger partial charge is 0.293 e. The van der Waals surface area contributed by atoms with E-state index in [1.165, 1.54) is 0 Å². The van der Waals surface area contributed by atoms with Crippen LogP contribution in [-0.2, 0) is 0 Å². The zero-order valence-electron chi connectivity index (χ0n) is 8.07. The summed E-state index contributed by atoms with van der Waals surface area (Å²) in [4.78, 5) is 15.3. The van der Waals surface area contributed by atoms with Crippen LogP contribution in [0.2, 0.25) is 5.02 Å². The Morgan fingerprint density at radius 3 is 2.62 bits per heavy atom. The average Bonchev–Trinajstić information content (AvgIpc) is 2.68. The highest BCUT2D eigenvalue weighted by molar-refractivity contribution is 6.30. The second kappa shape index (κ2) is 4.19. The van der Waals surface area contributed by atoms with Crippen LogP contribution in [0, 0.1) is 0 Å². The number of halogens is 1. The van der Waals surface area contributed by atoms with Crippen LogP contribution >= 0.6 is 11.6 Å². The molecule has 0 unspecified atom stereocenters. The fourth-order valence-corrected chi connectivity index (χ4v) is 1.23. The van der Waals surface area contributed by atoms with Crippen molar-refractivity contribution < 1.29 is 4.79 Å². The highest BCUT2D eigenvalue weighted by Gasteiger charge is 2.10. The zero-order valence-corrected chi connectivity index (χ0v) is 8.82. The van der Waals surface area contributed by atoms with Crippen molar-refractivity contribution in [2.45, 2.75) is 0 Å². The Bertz CT molecular complexity index is 507. The highest BCUT2D eigenvalue weighted by atomic mass is 35.5. The molecule has 82 valence electrons. The molecule has 0 fully saturated rings. The lowest BCUT2D eigenvalue weighted by Crippen LogP contribution is -2.13. The van der Waals surface area contributed by atoms with Crippen molar-refractivity contribution in [2.75, 3.05) is 11.1 Å². The van der Waals surface area contributed by atoms with Gasteiger partial charge in [-0.3, -0.25) is 9.89 Å². The SMILES string of the molecule is Nc1n[nH]c(C(=O)Nc2ccc(Cl)cc2)n1. The number of carbonyl (C=O) groups excluding carboxylic acids is 1. The molecule has 16 heavy (non-hydrogen) atoms. The van der Waals surface area contributed by atoms with Crippen LogP contribution in [0.3, 0.4) is 0 Å². The first-order chi connectivity index (χ1) is 7.65. The summed E-state index contributed by atoms with van der Waals surface area (Å²) >= 11 is 5.71. The topological polar surface area (TPSA) is 96.7 Å². The number of aromatic nitrogens is 3. The molecule has 0 radical (unpaired) electrons. The lowest BCUT2D eigenvalue weighted by molar-refractivity contribution is 0.101. The predicted octanol–water partition coefficient (Wildman–Crippen LogP) is 1.29. The van der Waals surface area contributed by atoms with E-state index in [0.29, 0.717) is 10.7 Å². The number of carbonyl (C=O) groups is 1. The third-order valence-electron chi connectivity index (χ3n) is 1.82. The predicted molar refractivity (Wildman–Crippen MR) is 60.2 cm³/mol. The largest absolute Gasteiger partial charge is 0.366 e. The van der Waals surface area contributed by atoms with E-state index in [1.807, 2.05) is 0 Å². The van der Waals surface area contributed by atoms with Gasteiger partial charge in [-0.2, -0.15) is 4.98 Å². The molecule has 0 saturated carbocycles. The Balaban J connectivity index is 2.10. The van der Waals surface area contributed by atoms with Gasteiger partial charge in [-0.15, -0.1) is 5.10 Å². The standard InChI is InChI=1S/C9H8ClN5O/c10-5-1-3-6(4-2-5)12-8(16)7-13-9(11)15-14-7/h1-4H,(H,12,16)(H3,11,13,14,15). The van der Waals surface area contributed by atoms with Crippen LogP contribution in [0.25, 0.3) is 0 Å². The minimum atomic E-state index is -0.411. The number of nitrogens with two attached hydrogens (primary N) is 1. The van der Waals surface area contributed by atoms with Gasteiger partial charge in [0.15, 0.2) is 0 Å². The fraction of sp³-hybridized carbons (Fsp3) is 0. The van der Waals surface area contributed by atoms with Gasteiger partial charge >= 0.3 is 0 Å². The number of H-pyrrole nitrogens is 1. The lowest BCUT2D eigenvalue weighted by atomic mass is 10.3. The molecule has 0 aliphatic carbocycles. The van der Waals surface area contributed by atoms with Crippen LogP contribution < -0.4 is 11.1 Å². The van der Waals surface area contributed by atoms with E-state index in [-0.39, 0.29) is 11.8 Å². The first-order valence-electron chi connectivity index (χ1n) is 4.40. The summed E-state index contributed by atoms with van der Waals surface area (Å²) < 4.78 is 0. The summed E-state index contributed by atoms with van der Waals surface area (Å²) in [5, 5.41) is 9.18. The quantitative estimate of drug-likeness (QED) is 0.733. The molecule has 1 amide bonds. The molecule has 2 aromatic rings. The Morgan fingerprint density at radius 1 is 1.38 bits per heavy atom. The normalized spacial score (nSPS) is 10.1. The van der Waals surface area contributed by atoms with Gasteiger partial charge in [-0.25, -0.2) is 0 Å². The first-order valence-corrected chi connectivity index (χ1v) is 4.78. The van der Waals surface area contributed by atoms with Crippen LogP contribution in [0.1, 0.15) is 10.6 Å². The maximum absolute atomic E-state index is 11.6. The van der Waals surface area contributed by atoms with Crippen molar-refractivity contribution in [3.05, 3.63) is 35.1 Å². The van der Waals surface area contributed by atoms with Crippen LogP contribution in [0.15, 0.2) is 24.3 Å². The fourth-order valence-electron chi connectivity index (χ4n) is 1.10. The molecule has 1 aromatic heterocycles. The average molecular weight is 238 g/mol. The monoisotopic (exact) mass is 237 g/mol.